The number of ether oxygens (including phenoxy) is 1. The number of hydrogen-bond acceptors (Lipinski definition) is 7. The van der Waals surface area contributed by atoms with Crippen LogP contribution in [0, 0.1) is 0 Å². The molecule has 1 aliphatic rings. The van der Waals surface area contributed by atoms with Crippen molar-refractivity contribution in [3.05, 3.63) is 16.7 Å². The highest BCUT2D eigenvalue weighted by Crippen LogP contribution is 2.28. The number of nitrogens with zero attached hydrogens (tertiary/aromatic N) is 2. The summed E-state index contributed by atoms with van der Waals surface area (Å²) in [5.41, 5.74) is 4.91. The predicted molar refractivity (Wildman–Crippen MR) is 92.9 cm³/mol. The van der Waals surface area contributed by atoms with Crippen LogP contribution in [0.3, 0.4) is 0 Å². The van der Waals surface area contributed by atoms with Gasteiger partial charge in [-0.15, -0.1) is 0 Å². The molecule has 0 aromatic carbocycles. The Bertz CT molecular complexity index is 727. The van der Waals surface area contributed by atoms with Crippen molar-refractivity contribution in [1.82, 2.24) is 14.6 Å². The first-order valence-electron chi connectivity index (χ1n) is 7.41. The molecule has 3 N–H and O–H groups in total. The first kappa shape index (κ1) is 18.9. The number of sulfonamides is 1. The van der Waals surface area contributed by atoms with Crippen molar-refractivity contribution in [1.29, 1.82) is 0 Å². The number of halogens is 1. The van der Waals surface area contributed by atoms with Gasteiger partial charge >= 0.3 is 6.09 Å². The summed E-state index contributed by atoms with van der Waals surface area (Å²) in [6, 6.07) is 0.792. The second-order valence-electron chi connectivity index (χ2n) is 6.46. The normalized spacial score (nSPS) is 18.4. The predicted octanol–water partition coefficient (Wildman–Crippen LogP) is 1.71. The summed E-state index contributed by atoms with van der Waals surface area (Å²) in [5, 5.41) is 3.05. The largest absolute Gasteiger partial charge is 0.443 e. The van der Waals surface area contributed by atoms with Crippen molar-refractivity contribution >= 4 is 37.9 Å². The van der Waals surface area contributed by atoms with Gasteiger partial charge in [0.2, 0.25) is 0 Å². The first-order chi connectivity index (χ1) is 11.0. The monoisotopic (exact) mass is 420 g/mol. The quantitative estimate of drug-likeness (QED) is 0.764. The smallest absolute Gasteiger partial charge is 0.424 e. The maximum Gasteiger partial charge on any atom is 0.424 e. The van der Waals surface area contributed by atoms with Crippen LogP contribution in [0.4, 0.5) is 10.6 Å². The molecule has 0 aliphatic carbocycles. The van der Waals surface area contributed by atoms with Gasteiger partial charge in [0.15, 0.2) is 0 Å². The van der Waals surface area contributed by atoms with Gasteiger partial charge in [0.05, 0.1) is 6.04 Å². The van der Waals surface area contributed by atoms with Crippen molar-refractivity contribution in [2.75, 3.05) is 18.8 Å². The highest BCUT2D eigenvalue weighted by molar-refractivity contribution is 9.10. The highest BCUT2D eigenvalue weighted by Gasteiger charge is 2.41. The summed E-state index contributed by atoms with van der Waals surface area (Å²) in [4.78, 5) is 16.2. The van der Waals surface area contributed by atoms with Gasteiger partial charge < -0.3 is 15.8 Å². The lowest BCUT2D eigenvalue weighted by atomic mass is 10.2. The minimum absolute atomic E-state index is 0.169. The van der Waals surface area contributed by atoms with Gasteiger partial charge in [0.1, 0.15) is 16.3 Å². The van der Waals surface area contributed by atoms with Crippen LogP contribution in [0.2, 0.25) is 0 Å². The molecule has 0 unspecified atom stereocenters. The van der Waals surface area contributed by atoms with E-state index in [4.69, 9.17) is 10.5 Å². The average Bonchev–Trinajstić information content (AvgIpc) is 2.92. The van der Waals surface area contributed by atoms with E-state index in [0.29, 0.717) is 24.0 Å². The Kier molecular flexibility index (Phi) is 5.41. The zero-order valence-electron chi connectivity index (χ0n) is 13.7. The molecule has 0 spiro atoms. The van der Waals surface area contributed by atoms with Crippen LogP contribution in [-0.2, 0) is 14.8 Å². The zero-order chi connectivity index (χ0) is 18.1. The Labute approximate surface area is 149 Å². The minimum atomic E-state index is -4.21. The van der Waals surface area contributed by atoms with E-state index in [1.54, 1.807) is 20.8 Å². The lowest BCUT2D eigenvalue weighted by Crippen LogP contribution is -2.48. The molecule has 2 rings (SSSR count). The van der Waals surface area contributed by atoms with Crippen LogP contribution >= 0.6 is 15.9 Å². The molecule has 10 heteroatoms. The summed E-state index contributed by atoms with van der Waals surface area (Å²) in [5.74, 6) is -0.169. The average molecular weight is 421 g/mol. The molecule has 2 heterocycles. The maximum absolute atomic E-state index is 13.1. The molecule has 1 saturated heterocycles. The van der Waals surface area contributed by atoms with Crippen molar-refractivity contribution in [3.63, 3.8) is 0 Å². The van der Waals surface area contributed by atoms with Crippen LogP contribution < -0.4 is 11.1 Å². The molecule has 134 valence electrons. The summed E-state index contributed by atoms with van der Waals surface area (Å²) in [6.45, 7) is 6.01. The highest BCUT2D eigenvalue weighted by atomic mass is 79.9. The third kappa shape index (κ3) is 4.17. The molecule has 0 saturated carbocycles. The van der Waals surface area contributed by atoms with E-state index in [0.717, 1.165) is 4.31 Å². The molecule has 0 bridgehead atoms. The van der Waals surface area contributed by atoms with Gasteiger partial charge in [-0.1, -0.05) is 0 Å². The fourth-order valence-corrected chi connectivity index (χ4v) is 4.43. The van der Waals surface area contributed by atoms with E-state index < -0.39 is 27.8 Å². The van der Waals surface area contributed by atoms with Crippen LogP contribution in [-0.4, -0.2) is 48.5 Å². The number of anilines is 1. The molecule has 8 nitrogen and oxygen atoms in total. The van der Waals surface area contributed by atoms with Gasteiger partial charge in [-0.25, -0.2) is 18.2 Å². The van der Waals surface area contributed by atoms with E-state index >= 15 is 0 Å². The molecule has 1 aromatic rings. The summed E-state index contributed by atoms with van der Waals surface area (Å²) in [7, 11) is -4.21. The summed E-state index contributed by atoms with van der Waals surface area (Å²) >= 11 is 3.18. The number of hydrogen-bond donors (Lipinski definition) is 2. The number of nitrogens with two attached hydrogens (primary N) is 1. The Morgan fingerprint density at radius 1 is 1.50 bits per heavy atom. The number of aromatic nitrogens is 1. The Hall–Kier alpha value is -1.39. The Balaban J connectivity index is 2.49. The standard InChI is InChI=1S/C14H21BrN4O4S/c1-14(2,3)23-13(20)19(10-4-5-17-8-10)24(21,22)11-6-9(15)7-18-12(11)16/h6-7,10,17H,4-5,8H2,1-3H3,(H2,16,18)/t10-/m0/s1. The third-order valence-corrected chi connectivity index (χ3v) is 5.61. The van der Waals surface area contributed by atoms with Crippen LogP contribution in [0.25, 0.3) is 0 Å². The van der Waals surface area contributed by atoms with Crippen LogP contribution in [0.1, 0.15) is 27.2 Å². The molecular weight excluding hydrogens is 400 g/mol. The lowest BCUT2D eigenvalue weighted by Gasteiger charge is -2.30. The number of amides is 1. The van der Waals surface area contributed by atoms with Gasteiger partial charge in [0.25, 0.3) is 10.0 Å². The van der Waals surface area contributed by atoms with E-state index in [9.17, 15) is 13.2 Å². The van der Waals surface area contributed by atoms with Gasteiger partial charge in [-0.05, 0) is 55.7 Å². The lowest BCUT2D eigenvalue weighted by molar-refractivity contribution is 0.0348. The van der Waals surface area contributed by atoms with E-state index in [2.05, 4.69) is 26.2 Å². The maximum atomic E-state index is 13.1. The van der Waals surface area contributed by atoms with Crippen molar-refractivity contribution < 1.29 is 17.9 Å². The Morgan fingerprint density at radius 3 is 2.71 bits per heavy atom. The SMILES string of the molecule is CC(C)(C)OC(=O)N([C@H]1CCNC1)S(=O)(=O)c1cc(Br)cnc1N. The second-order valence-corrected chi connectivity index (χ2v) is 9.16. The van der Waals surface area contributed by atoms with Crippen molar-refractivity contribution in [3.8, 4) is 0 Å². The van der Waals surface area contributed by atoms with E-state index in [1.807, 2.05) is 0 Å². The molecule has 24 heavy (non-hydrogen) atoms. The topological polar surface area (TPSA) is 115 Å². The third-order valence-electron chi connectivity index (χ3n) is 3.32. The number of carbonyl (C=O) groups is 1. The number of nitrogen functional groups attached to an aromatic ring is 1. The van der Waals surface area contributed by atoms with Gasteiger partial charge in [-0.3, -0.25) is 0 Å². The van der Waals surface area contributed by atoms with Gasteiger partial charge in [-0.2, -0.15) is 4.31 Å². The minimum Gasteiger partial charge on any atom is -0.443 e. The van der Waals surface area contributed by atoms with Crippen molar-refractivity contribution in [2.24, 2.45) is 0 Å². The molecule has 1 aliphatic heterocycles. The summed E-state index contributed by atoms with van der Waals surface area (Å²) < 4.78 is 32.7. The molecule has 1 atom stereocenters. The molecule has 1 aromatic heterocycles. The van der Waals surface area contributed by atoms with Crippen LogP contribution in [0.5, 0.6) is 0 Å². The number of nitrogens with one attached hydrogen (secondary N) is 1. The molecule has 0 radical (unpaired) electrons. The van der Waals surface area contributed by atoms with Gasteiger partial charge in [0, 0.05) is 17.2 Å². The van der Waals surface area contributed by atoms with E-state index in [1.165, 1.54) is 12.3 Å². The number of carbonyl (C=O) groups excluding carboxylic acids is 1. The first-order valence-corrected chi connectivity index (χ1v) is 9.65. The van der Waals surface area contributed by atoms with E-state index in [-0.39, 0.29) is 10.7 Å². The fraction of sp³-hybridized carbons (Fsp3) is 0.571. The Morgan fingerprint density at radius 2 is 2.17 bits per heavy atom. The number of rotatable bonds is 3. The number of pyridine rings is 1. The molecular formula is C14H21BrN4O4S. The van der Waals surface area contributed by atoms with Crippen LogP contribution in [0.15, 0.2) is 21.6 Å². The molecule has 1 fully saturated rings. The molecule has 1 amide bonds. The van der Waals surface area contributed by atoms with Crippen molar-refractivity contribution in [2.45, 2.75) is 43.7 Å². The zero-order valence-corrected chi connectivity index (χ0v) is 16.1. The summed E-state index contributed by atoms with van der Waals surface area (Å²) in [6.07, 6.45) is 0.971. The fourth-order valence-electron chi connectivity index (χ4n) is 2.33. The second kappa shape index (κ2) is 6.85.